The lowest BCUT2D eigenvalue weighted by molar-refractivity contribution is -0.130. The SMILES string of the molecule is COc1ccc(CC(=O)N2CCN(c3cc(C)ccc3C)CC2)cc1OC. The molecule has 0 bridgehead atoms. The van der Waals surface area contributed by atoms with Crippen molar-refractivity contribution in [2.45, 2.75) is 20.3 Å². The van der Waals surface area contributed by atoms with E-state index in [2.05, 4.69) is 36.9 Å². The van der Waals surface area contributed by atoms with Crippen LogP contribution < -0.4 is 14.4 Å². The molecule has 3 rings (SSSR count). The van der Waals surface area contributed by atoms with Crippen molar-refractivity contribution in [3.63, 3.8) is 0 Å². The lowest BCUT2D eigenvalue weighted by Crippen LogP contribution is -2.49. The molecule has 0 radical (unpaired) electrons. The molecular weight excluding hydrogens is 340 g/mol. The van der Waals surface area contributed by atoms with Crippen LogP contribution in [0.3, 0.4) is 0 Å². The highest BCUT2D eigenvalue weighted by molar-refractivity contribution is 5.79. The number of carbonyl (C=O) groups is 1. The summed E-state index contributed by atoms with van der Waals surface area (Å²) in [6.07, 6.45) is 0.379. The predicted octanol–water partition coefficient (Wildman–Crippen LogP) is 3.21. The first-order valence-corrected chi connectivity index (χ1v) is 9.32. The number of piperazine rings is 1. The van der Waals surface area contributed by atoms with Crippen molar-refractivity contribution in [1.29, 1.82) is 0 Å². The summed E-state index contributed by atoms with van der Waals surface area (Å²) in [5.41, 5.74) is 4.77. The lowest BCUT2D eigenvalue weighted by Gasteiger charge is -2.37. The standard InChI is InChI=1S/C22H28N2O3/c1-16-5-6-17(2)19(13-16)23-9-11-24(12-10-23)22(25)15-18-7-8-20(26-3)21(14-18)27-4/h5-8,13-14H,9-12,15H2,1-4H3. The Hall–Kier alpha value is -2.69. The predicted molar refractivity (Wildman–Crippen MR) is 108 cm³/mol. The molecule has 144 valence electrons. The zero-order valence-electron chi connectivity index (χ0n) is 16.6. The first-order chi connectivity index (χ1) is 13.0. The number of hydrogen-bond acceptors (Lipinski definition) is 4. The van der Waals surface area contributed by atoms with Crippen LogP contribution in [0.1, 0.15) is 16.7 Å². The monoisotopic (exact) mass is 368 g/mol. The van der Waals surface area contributed by atoms with E-state index >= 15 is 0 Å². The van der Waals surface area contributed by atoms with Gasteiger partial charge in [-0.1, -0.05) is 18.2 Å². The topological polar surface area (TPSA) is 42.0 Å². The Morgan fingerprint density at radius 1 is 0.926 bits per heavy atom. The van der Waals surface area contributed by atoms with Crippen LogP contribution in [0, 0.1) is 13.8 Å². The second kappa shape index (κ2) is 8.33. The molecule has 0 spiro atoms. The molecule has 2 aromatic carbocycles. The number of nitrogens with zero attached hydrogens (tertiary/aromatic N) is 2. The van der Waals surface area contributed by atoms with Crippen molar-refractivity contribution in [2.75, 3.05) is 45.3 Å². The molecule has 1 amide bonds. The molecule has 0 atom stereocenters. The van der Waals surface area contributed by atoms with Gasteiger partial charge >= 0.3 is 0 Å². The van der Waals surface area contributed by atoms with Crippen molar-refractivity contribution in [2.24, 2.45) is 0 Å². The van der Waals surface area contributed by atoms with Crippen LogP contribution in [0.25, 0.3) is 0 Å². The van der Waals surface area contributed by atoms with Gasteiger partial charge in [0.1, 0.15) is 0 Å². The van der Waals surface area contributed by atoms with E-state index < -0.39 is 0 Å². The maximum Gasteiger partial charge on any atom is 0.227 e. The molecule has 27 heavy (non-hydrogen) atoms. The summed E-state index contributed by atoms with van der Waals surface area (Å²) in [4.78, 5) is 17.1. The quantitative estimate of drug-likeness (QED) is 0.813. The minimum atomic E-state index is 0.155. The van der Waals surface area contributed by atoms with Gasteiger partial charge in [-0.25, -0.2) is 0 Å². The minimum absolute atomic E-state index is 0.155. The number of hydrogen-bond donors (Lipinski definition) is 0. The third-order valence-corrected chi connectivity index (χ3v) is 5.14. The Labute approximate surface area is 161 Å². The zero-order valence-corrected chi connectivity index (χ0v) is 16.6. The summed E-state index contributed by atoms with van der Waals surface area (Å²) in [6, 6.07) is 12.2. The smallest absolute Gasteiger partial charge is 0.227 e. The van der Waals surface area contributed by atoms with E-state index in [0.717, 1.165) is 31.7 Å². The van der Waals surface area contributed by atoms with Crippen molar-refractivity contribution >= 4 is 11.6 Å². The Morgan fingerprint density at radius 3 is 2.30 bits per heavy atom. The Bertz CT molecular complexity index is 811. The van der Waals surface area contributed by atoms with Gasteiger partial charge in [-0.15, -0.1) is 0 Å². The average molecular weight is 368 g/mol. The molecule has 1 saturated heterocycles. The first kappa shape index (κ1) is 19.1. The van der Waals surface area contributed by atoms with Crippen molar-refractivity contribution in [3.8, 4) is 11.5 Å². The molecule has 1 fully saturated rings. The van der Waals surface area contributed by atoms with Gasteiger partial charge in [0.15, 0.2) is 11.5 Å². The van der Waals surface area contributed by atoms with E-state index in [0.29, 0.717) is 17.9 Å². The van der Waals surface area contributed by atoms with Crippen LogP contribution in [-0.4, -0.2) is 51.2 Å². The summed E-state index contributed by atoms with van der Waals surface area (Å²) in [5.74, 6) is 1.49. The Balaban J connectivity index is 1.61. The molecule has 1 aliphatic rings. The third-order valence-electron chi connectivity index (χ3n) is 5.14. The van der Waals surface area contributed by atoms with Gasteiger partial charge in [0.2, 0.25) is 5.91 Å². The number of anilines is 1. The van der Waals surface area contributed by atoms with Crippen LogP contribution >= 0.6 is 0 Å². The van der Waals surface area contributed by atoms with Gasteiger partial charge in [-0.05, 0) is 48.7 Å². The molecule has 5 nitrogen and oxygen atoms in total. The van der Waals surface area contributed by atoms with Crippen LogP contribution in [0.4, 0.5) is 5.69 Å². The second-order valence-corrected chi connectivity index (χ2v) is 7.02. The van der Waals surface area contributed by atoms with E-state index in [1.807, 2.05) is 23.1 Å². The summed E-state index contributed by atoms with van der Waals surface area (Å²) in [7, 11) is 3.22. The second-order valence-electron chi connectivity index (χ2n) is 7.02. The molecule has 0 aromatic heterocycles. The minimum Gasteiger partial charge on any atom is -0.493 e. The maximum absolute atomic E-state index is 12.7. The normalized spacial score (nSPS) is 14.2. The molecule has 2 aromatic rings. The summed E-state index contributed by atoms with van der Waals surface area (Å²) >= 11 is 0. The van der Waals surface area contributed by atoms with Gasteiger partial charge in [-0.2, -0.15) is 0 Å². The third kappa shape index (κ3) is 4.35. The number of aryl methyl sites for hydroxylation is 2. The average Bonchev–Trinajstić information content (AvgIpc) is 2.69. The lowest BCUT2D eigenvalue weighted by atomic mass is 10.1. The highest BCUT2D eigenvalue weighted by Crippen LogP contribution is 2.28. The fourth-order valence-corrected chi connectivity index (χ4v) is 3.53. The highest BCUT2D eigenvalue weighted by atomic mass is 16.5. The number of benzene rings is 2. The Morgan fingerprint density at radius 2 is 1.63 bits per heavy atom. The summed E-state index contributed by atoms with van der Waals surface area (Å²) in [6.45, 7) is 7.48. The molecule has 1 heterocycles. The van der Waals surface area contributed by atoms with Crippen LogP contribution in [0.5, 0.6) is 11.5 Å². The Kier molecular flexibility index (Phi) is 5.89. The van der Waals surface area contributed by atoms with E-state index in [9.17, 15) is 4.79 Å². The summed E-state index contributed by atoms with van der Waals surface area (Å²) < 4.78 is 10.6. The largest absolute Gasteiger partial charge is 0.493 e. The number of rotatable bonds is 5. The van der Waals surface area contributed by atoms with E-state index in [1.165, 1.54) is 16.8 Å². The number of amides is 1. The number of methoxy groups -OCH3 is 2. The van der Waals surface area contributed by atoms with Gasteiger partial charge in [-0.3, -0.25) is 4.79 Å². The van der Waals surface area contributed by atoms with Crippen molar-refractivity contribution in [3.05, 3.63) is 53.1 Å². The van der Waals surface area contributed by atoms with Gasteiger partial charge in [0.25, 0.3) is 0 Å². The molecule has 0 N–H and O–H groups in total. The van der Waals surface area contributed by atoms with Crippen molar-refractivity contribution in [1.82, 2.24) is 4.90 Å². The zero-order chi connectivity index (χ0) is 19.4. The molecule has 0 saturated carbocycles. The molecule has 0 aliphatic carbocycles. The van der Waals surface area contributed by atoms with Crippen molar-refractivity contribution < 1.29 is 14.3 Å². The van der Waals surface area contributed by atoms with Crippen LogP contribution in [-0.2, 0) is 11.2 Å². The molecule has 0 unspecified atom stereocenters. The molecular formula is C22H28N2O3. The first-order valence-electron chi connectivity index (χ1n) is 9.32. The number of ether oxygens (including phenoxy) is 2. The van der Waals surface area contributed by atoms with E-state index in [1.54, 1.807) is 14.2 Å². The molecule has 1 aliphatic heterocycles. The van der Waals surface area contributed by atoms with Gasteiger partial charge in [0.05, 0.1) is 20.6 Å². The highest BCUT2D eigenvalue weighted by Gasteiger charge is 2.22. The van der Waals surface area contributed by atoms with Gasteiger partial charge in [0, 0.05) is 31.9 Å². The van der Waals surface area contributed by atoms with E-state index in [-0.39, 0.29) is 5.91 Å². The van der Waals surface area contributed by atoms with Crippen LogP contribution in [0.2, 0.25) is 0 Å². The maximum atomic E-state index is 12.7. The summed E-state index contributed by atoms with van der Waals surface area (Å²) in [5, 5.41) is 0. The molecule has 5 heteroatoms. The number of carbonyl (C=O) groups excluding carboxylic acids is 1. The van der Waals surface area contributed by atoms with Gasteiger partial charge < -0.3 is 19.3 Å². The fraction of sp³-hybridized carbons (Fsp3) is 0.409. The fourth-order valence-electron chi connectivity index (χ4n) is 3.53. The van der Waals surface area contributed by atoms with Crippen LogP contribution in [0.15, 0.2) is 36.4 Å². The van der Waals surface area contributed by atoms with E-state index in [4.69, 9.17) is 9.47 Å².